The molecule has 0 radical (unpaired) electrons. The van der Waals surface area contributed by atoms with Crippen molar-refractivity contribution in [2.75, 3.05) is 5.75 Å². The summed E-state index contributed by atoms with van der Waals surface area (Å²) in [7, 11) is -3.80. The van der Waals surface area contributed by atoms with E-state index in [1.165, 1.54) is 0 Å². The number of carbonyl (C=O) groups is 1. The first-order chi connectivity index (χ1) is 11.9. The number of carboxylic acid groups (broad SMARTS) is 1. The second kappa shape index (κ2) is 8.70. The maximum Gasteiger partial charge on any atom is 0.322 e. The summed E-state index contributed by atoms with van der Waals surface area (Å²) in [5.74, 6) is 3.82. The van der Waals surface area contributed by atoms with Crippen LogP contribution < -0.4 is 0 Å². The number of rotatable bonds is 6. The van der Waals surface area contributed by atoms with Gasteiger partial charge in [-0.1, -0.05) is 53.8 Å². The SMILES string of the molecule is O=C(O)C(CC#Cc1ccc(Cl)cc1)S(=O)(=O)CCc1ccccc1. The van der Waals surface area contributed by atoms with Crippen LogP contribution in [-0.4, -0.2) is 30.5 Å². The van der Waals surface area contributed by atoms with E-state index in [2.05, 4.69) is 11.8 Å². The van der Waals surface area contributed by atoms with Gasteiger partial charge in [-0.3, -0.25) is 4.79 Å². The number of sulfone groups is 1. The molecule has 0 aliphatic heterocycles. The lowest BCUT2D eigenvalue weighted by Crippen LogP contribution is -2.32. The van der Waals surface area contributed by atoms with Crippen molar-refractivity contribution in [1.82, 2.24) is 0 Å². The van der Waals surface area contributed by atoms with Gasteiger partial charge in [0.25, 0.3) is 0 Å². The minimum Gasteiger partial charge on any atom is -0.480 e. The van der Waals surface area contributed by atoms with Crippen molar-refractivity contribution in [1.29, 1.82) is 0 Å². The van der Waals surface area contributed by atoms with Gasteiger partial charge in [0.15, 0.2) is 15.1 Å². The van der Waals surface area contributed by atoms with E-state index in [0.717, 1.165) is 5.56 Å². The van der Waals surface area contributed by atoms with Crippen molar-refractivity contribution in [2.45, 2.75) is 18.1 Å². The van der Waals surface area contributed by atoms with Gasteiger partial charge in [0.1, 0.15) is 0 Å². The molecule has 1 unspecified atom stereocenters. The van der Waals surface area contributed by atoms with Crippen molar-refractivity contribution >= 4 is 27.4 Å². The summed E-state index contributed by atoms with van der Waals surface area (Å²) in [6.07, 6.45) is 0.0205. The molecule has 0 heterocycles. The summed E-state index contributed by atoms with van der Waals surface area (Å²) in [5.41, 5.74) is 1.50. The highest BCUT2D eigenvalue weighted by molar-refractivity contribution is 7.92. The third kappa shape index (κ3) is 5.93. The molecule has 2 rings (SSSR count). The van der Waals surface area contributed by atoms with Crippen molar-refractivity contribution < 1.29 is 18.3 Å². The lowest BCUT2D eigenvalue weighted by molar-refractivity contribution is -0.136. The number of aryl methyl sites for hydroxylation is 1. The molecule has 130 valence electrons. The van der Waals surface area contributed by atoms with Crippen LogP contribution in [0.1, 0.15) is 17.5 Å². The zero-order chi connectivity index (χ0) is 18.3. The summed E-state index contributed by atoms with van der Waals surface area (Å²) in [5, 5.41) is 8.31. The zero-order valence-corrected chi connectivity index (χ0v) is 14.9. The van der Waals surface area contributed by atoms with Gasteiger partial charge >= 0.3 is 5.97 Å². The summed E-state index contributed by atoms with van der Waals surface area (Å²) >= 11 is 5.78. The van der Waals surface area contributed by atoms with Gasteiger partial charge in [0, 0.05) is 17.0 Å². The molecule has 0 aromatic heterocycles. The van der Waals surface area contributed by atoms with Crippen LogP contribution in [0.2, 0.25) is 5.02 Å². The van der Waals surface area contributed by atoms with Gasteiger partial charge in [-0.05, 0) is 36.2 Å². The number of benzene rings is 2. The van der Waals surface area contributed by atoms with E-state index in [4.69, 9.17) is 11.6 Å². The standard InChI is InChI=1S/C19H17ClO4S/c20-17-11-9-16(10-12-17)7-4-8-18(19(21)22)25(23,24)14-13-15-5-2-1-3-6-15/h1-3,5-6,9-12,18H,8,13-14H2,(H,21,22). The molecule has 1 atom stereocenters. The van der Waals surface area contributed by atoms with E-state index in [1.54, 1.807) is 24.3 Å². The summed E-state index contributed by atoms with van der Waals surface area (Å²) < 4.78 is 24.7. The molecule has 0 aliphatic rings. The molecular weight excluding hydrogens is 360 g/mol. The molecule has 0 spiro atoms. The Morgan fingerprint density at radius 1 is 1.08 bits per heavy atom. The fraction of sp³-hybridized carbons (Fsp3) is 0.211. The predicted molar refractivity (Wildman–Crippen MR) is 98.3 cm³/mol. The number of carboxylic acids is 1. The molecular formula is C19H17ClO4S. The van der Waals surface area contributed by atoms with Crippen molar-refractivity contribution in [3.05, 3.63) is 70.7 Å². The topological polar surface area (TPSA) is 71.4 Å². The average Bonchev–Trinajstić information content (AvgIpc) is 2.59. The largest absolute Gasteiger partial charge is 0.480 e. The summed E-state index contributed by atoms with van der Waals surface area (Å²) in [4.78, 5) is 11.4. The van der Waals surface area contributed by atoms with E-state index in [-0.39, 0.29) is 18.6 Å². The molecule has 0 aliphatic carbocycles. The minimum atomic E-state index is -3.80. The van der Waals surface area contributed by atoms with Crippen molar-refractivity contribution in [2.24, 2.45) is 0 Å². The fourth-order valence-corrected chi connectivity index (χ4v) is 3.77. The van der Waals surface area contributed by atoms with Gasteiger partial charge in [-0.2, -0.15) is 0 Å². The van der Waals surface area contributed by atoms with Gasteiger partial charge in [-0.15, -0.1) is 0 Å². The van der Waals surface area contributed by atoms with Crippen LogP contribution >= 0.6 is 11.6 Å². The van der Waals surface area contributed by atoms with Crippen LogP contribution in [0.3, 0.4) is 0 Å². The lowest BCUT2D eigenvalue weighted by Gasteiger charge is -2.10. The van der Waals surface area contributed by atoms with Crippen LogP contribution in [0.25, 0.3) is 0 Å². The Hall–Kier alpha value is -2.29. The maximum atomic E-state index is 12.4. The Kier molecular flexibility index (Phi) is 6.63. The Morgan fingerprint density at radius 3 is 2.32 bits per heavy atom. The van der Waals surface area contributed by atoms with Gasteiger partial charge in [-0.25, -0.2) is 8.42 Å². The summed E-state index contributed by atoms with van der Waals surface area (Å²) in [6, 6.07) is 15.8. The third-order valence-corrected chi connectivity index (χ3v) is 5.85. The van der Waals surface area contributed by atoms with E-state index >= 15 is 0 Å². The fourth-order valence-electron chi connectivity index (χ4n) is 2.19. The molecule has 0 amide bonds. The first kappa shape index (κ1) is 19.0. The second-order valence-electron chi connectivity index (χ2n) is 5.44. The number of halogens is 1. The number of aliphatic carboxylic acids is 1. The predicted octanol–water partition coefficient (Wildman–Crippen LogP) is 3.19. The Bertz CT molecular complexity index is 879. The smallest absolute Gasteiger partial charge is 0.322 e. The molecule has 25 heavy (non-hydrogen) atoms. The Labute approximate surface area is 152 Å². The van der Waals surface area contributed by atoms with Gasteiger partial charge < -0.3 is 5.11 Å². The van der Waals surface area contributed by atoms with Gasteiger partial charge in [0.2, 0.25) is 0 Å². The number of hydrogen-bond donors (Lipinski definition) is 1. The molecule has 1 N–H and O–H groups in total. The highest BCUT2D eigenvalue weighted by Gasteiger charge is 2.31. The quantitative estimate of drug-likeness (QED) is 0.786. The molecule has 6 heteroatoms. The van der Waals surface area contributed by atoms with Crippen LogP contribution in [0.4, 0.5) is 0 Å². The Balaban J connectivity index is 2.06. The number of hydrogen-bond acceptors (Lipinski definition) is 3. The van der Waals surface area contributed by atoms with Crippen LogP contribution in [0.15, 0.2) is 54.6 Å². The third-order valence-electron chi connectivity index (χ3n) is 3.59. The molecule has 4 nitrogen and oxygen atoms in total. The van der Waals surface area contributed by atoms with Crippen LogP contribution in [0, 0.1) is 11.8 Å². The average molecular weight is 377 g/mol. The van der Waals surface area contributed by atoms with E-state index in [1.807, 2.05) is 30.3 Å². The first-order valence-electron chi connectivity index (χ1n) is 7.61. The molecule has 0 saturated carbocycles. The first-order valence-corrected chi connectivity index (χ1v) is 9.70. The summed E-state index contributed by atoms with van der Waals surface area (Å²) in [6.45, 7) is 0. The molecule has 0 saturated heterocycles. The van der Waals surface area contributed by atoms with E-state index in [0.29, 0.717) is 10.6 Å². The lowest BCUT2D eigenvalue weighted by atomic mass is 10.2. The van der Waals surface area contributed by atoms with Crippen LogP contribution in [0.5, 0.6) is 0 Å². The normalized spacial score (nSPS) is 12.0. The van der Waals surface area contributed by atoms with Crippen LogP contribution in [-0.2, 0) is 21.1 Å². The zero-order valence-electron chi connectivity index (χ0n) is 13.4. The molecule has 0 bridgehead atoms. The maximum absolute atomic E-state index is 12.4. The highest BCUT2D eigenvalue weighted by atomic mass is 35.5. The van der Waals surface area contributed by atoms with E-state index < -0.39 is 21.1 Å². The highest BCUT2D eigenvalue weighted by Crippen LogP contribution is 2.12. The van der Waals surface area contributed by atoms with E-state index in [9.17, 15) is 18.3 Å². The minimum absolute atomic E-state index is 0.226. The van der Waals surface area contributed by atoms with Gasteiger partial charge in [0.05, 0.1) is 5.75 Å². The van der Waals surface area contributed by atoms with Crippen molar-refractivity contribution in [3.8, 4) is 11.8 Å². The molecule has 2 aromatic rings. The Morgan fingerprint density at radius 2 is 1.72 bits per heavy atom. The molecule has 0 fully saturated rings. The van der Waals surface area contributed by atoms with Crippen molar-refractivity contribution in [3.63, 3.8) is 0 Å². The molecule has 2 aromatic carbocycles. The monoisotopic (exact) mass is 376 g/mol. The second-order valence-corrected chi connectivity index (χ2v) is 8.18.